The fraction of sp³-hybridized carbons (Fsp3) is 0.409. The van der Waals surface area contributed by atoms with E-state index in [1.165, 1.54) is 0 Å². The maximum Gasteiger partial charge on any atom is 0.254 e. The fourth-order valence-electron chi connectivity index (χ4n) is 3.25. The number of aryl methyl sites for hydroxylation is 1. The van der Waals surface area contributed by atoms with E-state index in [2.05, 4.69) is 29.2 Å². The van der Waals surface area contributed by atoms with E-state index in [4.69, 9.17) is 4.74 Å². The van der Waals surface area contributed by atoms with E-state index in [9.17, 15) is 4.79 Å². The Kier molecular flexibility index (Phi) is 5.94. The Morgan fingerprint density at radius 2 is 1.77 bits per heavy atom. The number of hydrogen-bond donors (Lipinski definition) is 0. The molecule has 1 fully saturated rings. The van der Waals surface area contributed by atoms with Crippen molar-refractivity contribution in [1.29, 1.82) is 0 Å². The number of amides is 1. The topological polar surface area (TPSA) is 32.8 Å². The van der Waals surface area contributed by atoms with Gasteiger partial charge in [-0.1, -0.05) is 29.8 Å². The Labute approximate surface area is 156 Å². The van der Waals surface area contributed by atoms with Gasteiger partial charge in [-0.25, -0.2) is 0 Å². The van der Waals surface area contributed by atoms with Crippen LogP contribution in [0.15, 0.2) is 48.5 Å². The fourth-order valence-corrected chi connectivity index (χ4v) is 3.25. The summed E-state index contributed by atoms with van der Waals surface area (Å²) in [5.74, 6) is 0.0668. The molecule has 138 valence electrons. The monoisotopic (exact) mass is 352 g/mol. The van der Waals surface area contributed by atoms with Crippen LogP contribution in [0.5, 0.6) is 0 Å². The van der Waals surface area contributed by atoms with E-state index in [0.29, 0.717) is 13.1 Å². The minimum atomic E-state index is 0.0668. The Hall–Kier alpha value is -2.33. The van der Waals surface area contributed by atoms with Crippen molar-refractivity contribution in [3.63, 3.8) is 0 Å². The van der Waals surface area contributed by atoms with Gasteiger partial charge in [-0.3, -0.25) is 4.79 Å². The lowest BCUT2D eigenvalue weighted by atomic mass is 10.1. The molecule has 0 saturated carbocycles. The molecule has 1 amide bonds. The molecule has 26 heavy (non-hydrogen) atoms. The predicted octanol–water partition coefficient (Wildman–Crippen LogP) is 3.88. The van der Waals surface area contributed by atoms with E-state index in [-0.39, 0.29) is 12.0 Å². The zero-order valence-electron chi connectivity index (χ0n) is 15.9. The molecule has 0 radical (unpaired) electrons. The predicted molar refractivity (Wildman–Crippen MR) is 106 cm³/mol. The van der Waals surface area contributed by atoms with Gasteiger partial charge in [0.25, 0.3) is 5.91 Å². The molecule has 0 bridgehead atoms. The van der Waals surface area contributed by atoms with Crippen LogP contribution in [0, 0.1) is 6.92 Å². The molecule has 0 spiro atoms. The molecule has 1 aliphatic rings. The van der Waals surface area contributed by atoms with Crippen LogP contribution in [0.3, 0.4) is 0 Å². The maximum absolute atomic E-state index is 13.1. The third-order valence-electron chi connectivity index (χ3n) is 4.86. The van der Waals surface area contributed by atoms with Crippen LogP contribution < -0.4 is 4.90 Å². The normalized spacial score (nSPS) is 16.5. The first kappa shape index (κ1) is 18.5. The molecule has 2 aromatic rings. The third kappa shape index (κ3) is 4.64. The second-order valence-corrected chi connectivity index (χ2v) is 7.25. The number of nitrogens with zero attached hydrogens (tertiary/aromatic N) is 2. The van der Waals surface area contributed by atoms with Crippen LogP contribution in [-0.4, -0.2) is 44.2 Å². The van der Waals surface area contributed by atoms with Crippen LogP contribution >= 0.6 is 0 Å². The average molecular weight is 352 g/mol. The van der Waals surface area contributed by atoms with Gasteiger partial charge in [0.15, 0.2) is 0 Å². The molecule has 1 aliphatic heterocycles. The Bertz CT molecular complexity index is 717. The summed E-state index contributed by atoms with van der Waals surface area (Å²) in [6.45, 7) is 4.07. The van der Waals surface area contributed by atoms with Crippen molar-refractivity contribution in [1.82, 2.24) is 4.90 Å². The molecule has 3 rings (SSSR count). The number of carbonyl (C=O) groups is 1. The summed E-state index contributed by atoms with van der Waals surface area (Å²) >= 11 is 0. The van der Waals surface area contributed by atoms with Crippen LogP contribution in [0.4, 0.5) is 5.69 Å². The summed E-state index contributed by atoms with van der Waals surface area (Å²) in [4.78, 5) is 17.1. The van der Waals surface area contributed by atoms with Gasteiger partial charge in [0.05, 0.1) is 6.10 Å². The summed E-state index contributed by atoms with van der Waals surface area (Å²) < 4.78 is 5.78. The van der Waals surface area contributed by atoms with Gasteiger partial charge in [0.1, 0.15) is 0 Å². The number of rotatable bonds is 6. The highest BCUT2D eigenvalue weighted by molar-refractivity contribution is 5.94. The van der Waals surface area contributed by atoms with Crippen LogP contribution in [-0.2, 0) is 11.3 Å². The van der Waals surface area contributed by atoms with Crippen molar-refractivity contribution < 1.29 is 9.53 Å². The summed E-state index contributed by atoms with van der Waals surface area (Å²) in [6, 6.07) is 16.2. The van der Waals surface area contributed by atoms with Gasteiger partial charge in [-0.15, -0.1) is 0 Å². The Balaban J connectivity index is 1.77. The van der Waals surface area contributed by atoms with Gasteiger partial charge in [0, 0.05) is 45.0 Å². The number of benzene rings is 2. The Morgan fingerprint density at radius 1 is 1.08 bits per heavy atom. The first-order chi connectivity index (χ1) is 12.5. The number of hydrogen-bond acceptors (Lipinski definition) is 3. The standard InChI is InChI=1S/C22H28N2O2/c1-17-6-10-19(11-7-17)22(25)24(16-21-5-4-14-26-21)15-18-8-12-20(13-9-18)23(2)3/h6-13,21H,4-5,14-16H2,1-3H3/t21-/m0/s1. The summed E-state index contributed by atoms with van der Waals surface area (Å²) in [6.07, 6.45) is 2.25. The minimum Gasteiger partial charge on any atom is -0.378 e. The van der Waals surface area contributed by atoms with Crippen molar-refractivity contribution in [2.75, 3.05) is 32.1 Å². The molecular formula is C22H28N2O2. The van der Waals surface area contributed by atoms with E-state index < -0.39 is 0 Å². The molecule has 1 atom stereocenters. The third-order valence-corrected chi connectivity index (χ3v) is 4.86. The SMILES string of the molecule is Cc1ccc(C(=O)N(Cc2ccc(N(C)C)cc2)C[C@@H]2CCCO2)cc1. The van der Waals surface area contributed by atoms with Crippen molar-refractivity contribution in [2.24, 2.45) is 0 Å². The lowest BCUT2D eigenvalue weighted by Gasteiger charge is -2.26. The number of anilines is 1. The molecule has 0 aromatic heterocycles. The molecule has 0 aliphatic carbocycles. The Morgan fingerprint density at radius 3 is 2.35 bits per heavy atom. The molecular weight excluding hydrogens is 324 g/mol. The van der Waals surface area contributed by atoms with Crippen LogP contribution in [0.1, 0.15) is 34.3 Å². The van der Waals surface area contributed by atoms with Gasteiger partial charge >= 0.3 is 0 Å². The van der Waals surface area contributed by atoms with Crippen molar-refractivity contribution in [2.45, 2.75) is 32.4 Å². The number of ether oxygens (including phenoxy) is 1. The van der Waals surface area contributed by atoms with Crippen molar-refractivity contribution in [3.8, 4) is 0 Å². The van der Waals surface area contributed by atoms with Gasteiger partial charge < -0.3 is 14.5 Å². The molecule has 1 saturated heterocycles. The van der Waals surface area contributed by atoms with Crippen molar-refractivity contribution >= 4 is 11.6 Å². The highest BCUT2D eigenvalue weighted by Gasteiger charge is 2.23. The largest absolute Gasteiger partial charge is 0.378 e. The summed E-state index contributed by atoms with van der Waals surface area (Å²) in [5, 5.41) is 0. The second kappa shape index (κ2) is 8.37. The first-order valence-electron chi connectivity index (χ1n) is 9.27. The number of carbonyl (C=O) groups excluding carboxylic acids is 1. The summed E-state index contributed by atoms with van der Waals surface area (Å²) in [7, 11) is 4.05. The molecule has 0 unspecified atom stereocenters. The maximum atomic E-state index is 13.1. The van der Waals surface area contributed by atoms with Crippen molar-refractivity contribution in [3.05, 3.63) is 65.2 Å². The lowest BCUT2D eigenvalue weighted by molar-refractivity contribution is 0.0507. The molecule has 0 N–H and O–H groups in total. The van der Waals surface area contributed by atoms with Crippen LogP contribution in [0.2, 0.25) is 0 Å². The molecule has 4 heteroatoms. The van der Waals surface area contributed by atoms with E-state index in [0.717, 1.165) is 41.8 Å². The average Bonchev–Trinajstić information content (AvgIpc) is 3.15. The molecule has 2 aromatic carbocycles. The molecule has 1 heterocycles. The van der Waals surface area contributed by atoms with Gasteiger partial charge in [-0.2, -0.15) is 0 Å². The van der Waals surface area contributed by atoms with Crippen LogP contribution in [0.25, 0.3) is 0 Å². The van der Waals surface area contributed by atoms with E-state index >= 15 is 0 Å². The minimum absolute atomic E-state index is 0.0668. The highest BCUT2D eigenvalue weighted by atomic mass is 16.5. The zero-order valence-corrected chi connectivity index (χ0v) is 15.9. The van der Waals surface area contributed by atoms with E-state index in [1.807, 2.05) is 50.2 Å². The quantitative estimate of drug-likeness (QED) is 0.791. The lowest BCUT2D eigenvalue weighted by Crippen LogP contribution is -2.37. The second-order valence-electron chi connectivity index (χ2n) is 7.25. The smallest absolute Gasteiger partial charge is 0.254 e. The van der Waals surface area contributed by atoms with Gasteiger partial charge in [-0.05, 0) is 49.6 Å². The molecule has 4 nitrogen and oxygen atoms in total. The summed E-state index contributed by atoms with van der Waals surface area (Å²) in [5.41, 5.74) is 4.18. The first-order valence-corrected chi connectivity index (χ1v) is 9.27. The van der Waals surface area contributed by atoms with E-state index in [1.54, 1.807) is 0 Å². The highest BCUT2D eigenvalue weighted by Crippen LogP contribution is 2.19. The zero-order chi connectivity index (χ0) is 18.5. The van der Waals surface area contributed by atoms with Gasteiger partial charge in [0.2, 0.25) is 0 Å².